The maximum atomic E-state index is 9.10. The fourth-order valence-electron chi connectivity index (χ4n) is 1.67. The first kappa shape index (κ1) is 22.1. The van der Waals surface area contributed by atoms with Crippen molar-refractivity contribution in [2.24, 2.45) is 11.7 Å². The third-order valence-corrected chi connectivity index (χ3v) is 2.55. The van der Waals surface area contributed by atoms with E-state index in [-0.39, 0.29) is 0 Å². The van der Waals surface area contributed by atoms with Crippen LogP contribution in [-0.2, 0) is 19.2 Å². The van der Waals surface area contributed by atoms with Gasteiger partial charge in [-0.2, -0.15) is 0 Å². The van der Waals surface area contributed by atoms with Crippen molar-refractivity contribution in [3.05, 3.63) is 0 Å². The number of hydrogen-bond donors (Lipinski definition) is 5. The van der Waals surface area contributed by atoms with Crippen LogP contribution in [0.25, 0.3) is 0 Å². The van der Waals surface area contributed by atoms with Gasteiger partial charge in [-0.15, -0.1) is 0 Å². The van der Waals surface area contributed by atoms with E-state index in [1.54, 1.807) is 0 Å². The van der Waals surface area contributed by atoms with Crippen molar-refractivity contribution < 1.29 is 39.6 Å². The first-order valence-electron chi connectivity index (χ1n) is 6.46. The fourth-order valence-corrected chi connectivity index (χ4v) is 1.67. The molecule has 1 saturated heterocycles. The number of nitrogens with zero attached hydrogens (tertiary/aromatic N) is 1. The Morgan fingerprint density at radius 1 is 1.00 bits per heavy atom. The summed E-state index contributed by atoms with van der Waals surface area (Å²) in [6.07, 6.45) is 2.77. The monoisotopic (exact) mass is 322 g/mol. The van der Waals surface area contributed by atoms with E-state index in [2.05, 4.69) is 11.8 Å². The maximum absolute atomic E-state index is 9.10. The number of hydrogen-bond acceptors (Lipinski definition) is 6. The van der Waals surface area contributed by atoms with Gasteiger partial charge in [0, 0.05) is 19.6 Å². The number of nitrogens with two attached hydrogens (primary N) is 1. The quantitative estimate of drug-likeness (QED) is 0.395. The third-order valence-electron chi connectivity index (χ3n) is 2.55. The fraction of sp³-hybridized carbons (Fsp3) is 0.667. The van der Waals surface area contributed by atoms with Crippen LogP contribution in [0.4, 0.5) is 0 Å². The van der Waals surface area contributed by atoms with Gasteiger partial charge in [0.25, 0.3) is 0 Å². The summed E-state index contributed by atoms with van der Waals surface area (Å²) in [5.74, 6) is -6.41. The smallest absolute Gasteiger partial charge is 0.414 e. The molecule has 22 heavy (non-hydrogen) atoms. The number of carbonyl (C=O) groups is 4. The van der Waals surface area contributed by atoms with Crippen LogP contribution in [0.2, 0.25) is 0 Å². The summed E-state index contributed by atoms with van der Waals surface area (Å²) < 4.78 is 0. The van der Waals surface area contributed by atoms with Crippen molar-refractivity contribution in [1.29, 1.82) is 0 Å². The molecule has 0 saturated carbocycles. The van der Waals surface area contributed by atoms with E-state index in [0.717, 1.165) is 19.0 Å². The van der Waals surface area contributed by atoms with Crippen molar-refractivity contribution in [3.63, 3.8) is 0 Å². The molecule has 0 aromatic carbocycles. The summed E-state index contributed by atoms with van der Waals surface area (Å²) in [6, 6.07) is 0. The standard InChI is InChI=1S/C8H18N2.2C2H2O4/c1-8-3-2-5-10(7-8)6-4-9;2*3-1(4)2(5)6/h8H,2-7,9H2,1H3;2*(H,3,4)(H,5,6). The van der Waals surface area contributed by atoms with E-state index >= 15 is 0 Å². The molecule has 0 radical (unpaired) electrons. The van der Waals surface area contributed by atoms with Gasteiger partial charge in [0.2, 0.25) is 0 Å². The molecule has 0 spiro atoms. The first-order chi connectivity index (χ1) is 10.1. The van der Waals surface area contributed by atoms with Gasteiger partial charge < -0.3 is 31.1 Å². The van der Waals surface area contributed by atoms with Crippen LogP contribution in [0.15, 0.2) is 0 Å². The molecule has 0 aliphatic carbocycles. The summed E-state index contributed by atoms with van der Waals surface area (Å²) in [7, 11) is 0. The van der Waals surface area contributed by atoms with Crippen LogP contribution in [0, 0.1) is 5.92 Å². The molecule has 0 amide bonds. The Bertz CT molecular complexity index is 335. The number of carboxylic acid groups (broad SMARTS) is 4. The van der Waals surface area contributed by atoms with Crippen LogP contribution < -0.4 is 5.73 Å². The predicted octanol–water partition coefficient (Wildman–Crippen LogP) is -1.01. The predicted molar refractivity (Wildman–Crippen MR) is 74.4 cm³/mol. The highest BCUT2D eigenvalue weighted by atomic mass is 16.4. The number of aliphatic carboxylic acids is 4. The second kappa shape index (κ2) is 12.5. The summed E-state index contributed by atoms with van der Waals surface area (Å²) >= 11 is 0. The molecule has 1 heterocycles. The van der Waals surface area contributed by atoms with Crippen molar-refractivity contribution in [2.75, 3.05) is 26.2 Å². The highest BCUT2D eigenvalue weighted by molar-refractivity contribution is 6.27. The highest BCUT2D eigenvalue weighted by Crippen LogP contribution is 2.14. The maximum Gasteiger partial charge on any atom is 0.414 e. The Balaban J connectivity index is 0. The second-order valence-electron chi connectivity index (χ2n) is 4.56. The van der Waals surface area contributed by atoms with Gasteiger partial charge in [-0.3, -0.25) is 0 Å². The molecular formula is C12H22N2O8. The van der Waals surface area contributed by atoms with Crippen molar-refractivity contribution in [2.45, 2.75) is 19.8 Å². The Morgan fingerprint density at radius 3 is 1.68 bits per heavy atom. The lowest BCUT2D eigenvalue weighted by molar-refractivity contribution is -0.159. The normalized spacial score (nSPS) is 17.1. The zero-order valence-electron chi connectivity index (χ0n) is 12.3. The van der Waals surface area contributed by atoms with Crippen LogP contribution >= 0.6 is 0 Å². The molecule has 10 heteroatoms. The molecule has 1 aliphatic rings. The van der Waals surface area contributed by atoms with Gasteiger partial charge in [-0.1, -0.05) is 6.92 Å². The largest absolute Gasteiger partial charge is 0.473 e. The number of rotatable bonds is 2. The van der Waals surface area contributed by atoms with Crippen molar-refractivity contribution in [1.82, 2.24) is 4.90 Å². The molecule has 10 nitrogen and oxygen atoms in total. The lowest BCUT2D eigenvalue weighted by Gasteiger charge is -2.30. The summed E-state index contributed by atoms with van der Waals surface area (Å²) in [6.45, 7) is 6.75. The summed E-state index contributed by atoms with van der Waals surface area (Å²) in [5.41, 5.74) is 5.46. The minimum absolute atomic E-state index is 0.812. The molecule has 1 fully saturated rings. The van der Waals surface area contributed by atoms with Gasteiger partial charge in [0.05, 0.1) is 0 Å². The molecule has 0 bridgehead atoms. The molecular weight excluding hydrogens is 300 g/mol. The van der Waals surface area contributed by atoms with Crippen molar-refractivity contribution in [3.8, 4) is 0 Å². The Hall–Kier alpha value is -2.20. The first-order valence-corrected chi connectivity index (χ1v) is 6.46. The average Bonchev–Trinajstić information content (AvgIpc) is 2.40. The Labute approximate surface area is 127 Å². The van der Waals surface area contributed by atoms with E-state index in [4.69, 9.17) is 45.3 Å². The van der Waals surface area contributed by atoms with Gasteiger partial charge >= 0.3 is 23.9 Å². The van der Waals surface area contributed by atoms with Crippen LogP contribution in [0.5, 0.6) is 0 Å². The molecule has 0 aromatic rings. The van der Waals surface area contributed by atoms with Gasteiger partial charge in [-0.05, 0) is 25.3 Å². The van der Waals surface area contributed by atoms with Gasteiger partial charge in [0.15, 0.2) is 0 Å². The molecule has 1 aliphatic heterocycles. The van der Waals surface area contributed by atoms with Crippen LogP contribution in [-0.4, -0.2) is 75.4 Å². The zero-order chi connectivity index (χ0) is 17.7. The number of piperidine rings is 1. The lowest BCUT2D eigenvalue weighted by atomic mass is 10.0. The molecule has 1 rings (SSSR count). The number of likely N-dealkylation sites (tertiary alicyclic amines) is 1. The van der Waals surface area contributed by atoms with Crippen LogP contribution in [0.1, 0.15) is 19.8 Å². The third kappa shape index (κ3) is 14.2. The number of carboxylic acids is 4. The van der Waals surface area contributed by atoms with E-state index in [9.17, 15) is 0 Å². The van der Waals surface area contributed by atoms with Gasteiger partial charge in [-0.25, -0.2) is 19.2 Å². The van der Waals surface area contributed by atoms with E-state index in [1.807, 2.05) is 0 Å². The molecule has 128 valence electrons. The minimum atomic E-state index is -1.82. The van der Waals surface area contributed by atoms with Crippen LogP contribution in [0.3, 0.4) is 0 Å². The SMILES string of the molecule is CC1CCCN(CCN)C1.O=C(O)C(=O)O.O=C(O)C(=O)O. The molecule has 1 unspecified atom stereocenters. The molecule has 1 atom stereocenters. The van der Waals surface area contributed by atoms with E-state index < -0.39 is 23.9 Å². The minimum Gasteiger partial charge on any atom is -0.473 e. The summed E-state index contributed by atoms with van der Waals surface area (Å²) in [4.78, 5) is 38.9. The zero-order valence-corrected chi connectivity index (χ0v) is 12.3. The van der Waals surface area contributed by atoms with Crippen molar-refractivity contribution >= 4 is 23.9 Å². The average molecular weight is 322 g/mol. The molecule has 0 aromatic heterocycles. The molecule has 6 N–H and O–H groups in total. The van der Waals surface area contributed by atoms with E-state index in [0.29, 0.717) is 0 Å². The highest BCUT2D eigenvalue weighted by Gasteiger charge is 2.14. The van der Waals surface area contributed by atoms with Gasteiger partial charge in [0.1, 0.15) is 0 Å². The topological polar surface area (TPSA) is 178 Å². The lowest BCUT2D eigenvalue weighted by Crippen LogP contribution is -2.37. The van der Waals surface area contributed by atoms with E-state index in [1.165, 1.54) is 25.9 Å². The Morgan fingerprint density at radius 2 is 1.41 bits per heavy atom. The Kier molecular flexibility index (Phi) is 12.6. The summed E-state index contributed by atoms with van der Waals surface area (Å²) in [5, 5.41) is 29.6. The second-order valence-corrected chi connectivity index (χ2v) is 4.56.